The van der Waals surface area contributed by atoms with Crippen molar-refractivity contribution < 1.29 is 0 Å². The van der Waals surface area contributed by atoms with Gasteiger partial charge in [-0.2, -0.15) is 0 Å². The monoisotopic (exact) mass is 209 g/mol. The minimum Gasteiger partial charge on any atom is -0.258 e. The topological polar surface area (TPSA) is 41.6 Å². The normalized spacial score (nSPS) is 10.8. The van der Waals surface area contributed by atoms with Crippen LogP contribution in [0, 0.1) is 0 Å². The molecular formula is C13H11N3. The number of nitrogens with zero attached hydrogens (tertiary/aromatic N) is 2. The van der Waals surface area contributed by atoms with Crippen molar-refractivity contribution >= 4 is 11.0 Å². The molecule has 2 aromatic carbocycles. The zero-order valence-corrected chi connectivity index (χ0v) is 8.72. The van der Waals surface area contributed by atoms with Gasteiger partial charge in [-0.05, 0) is 29.7 Å². The molecule has 1 heterocycles. The summed E-state index contributed by atoms with van der Waals surface area (Å²) in [5, 5.41) is 10.6. The number of rotatable bonds is 2. The molecule has 0 bridgehead atoms. The lowest BCUT2D eigenvalue weighted by Crippen LogP contribution is -1.87. The van der Waals surface area contributed by atoms with E-state index in [1.54, 1.807) is 0 Å². The highest BCUT2D eigenvalue weighted by Gasteiger charge is 2.00. The average molecular weight is 209 g/mol. The van der Waals surface area contributed by atoms with E-state index in [0.29, 0.717) is 0 Å². The molecule has 0 aliphatic carbocycles. The maximum Gasteiger partial charge on any atom is 0.113 e. The summed E-state index contributed by atoms with van der Waals surface area (Å²) in [5.41, 5.74) is 4.48. The van der Waals surface area contributed by atoms with Gasteiger partial charge < -0.3 is 0 Å². The van der Waals surface area contributed by atoms with Crippen molar-refractivity contribution in [3.05, 3.63) is 59.7 Å². The lowest BCUT2D eigenvalue weighted by Gasteiger charge is -2.00. The van der Waals surface area contributed by atoms with Crippen LogP contribution in [0.5, 0.6) is 0 Å². The Hall–Kier alpha value is -2.16. The van der Waals surface area contributed by atoms with Crippen LogP contribution in [0.4, 0.5) is 0 Å². The fourth-order valence-electron chi connectivity index (χ4n) is 1.83. The zero-order chi connectivity index (χ0) is 10.8. The highest BCUT2D eigenvalue weighted by Crippen LogP contribution is 2.14. The molecule has 78 valence electrons. The number of aromatic nitrogens is 3. The minimum absolute atomic E-state index is 0.924. The molecule has 0 saturated heterocycles. The predicted octanol–water partition coefficient (Wildman–Crippen LogP) is 2.55. The van der Waals surface area contributed by atoms with Crippen molar-refractivity contribution in [3.8, 4) is 0 Å². The van der Waals surface area contributed by atoms with E-state index in [1.165, 1.54) is 11.1 Å². The summed E-state index contributed by atoms with van der Waals surface area (Å²) < 4.78 is 0. The number of fused-ring (bicyclic) bond motifs is 1. The van der Waals surface area contributed by atoms with Gasteiger partial charge in [-0.25, -0.2) is 0 Å². The first-order valence-corrected chi connectivity index (χ1v) is 5.25. The fourth-order valence-corrected chi connectivity index (χ4v) is 1.83. The largest absolute Gasteiger partial charge is 0.258 e. The first-order valence-electron chi connectivity index (χ1n) is 5.25. The third kappa shape index (κ3) is 1.67. The Labute approximate surface area is 93.1 Å². The summed E-state index contributed by atoms with van der Waals surface area (Å²) in [6, 6.07) is 16.6. The SMILES string of the molecule is c1ccc(Cc2ccc3[nH]nnc3c2)cc1. The van der Waals surface area contributed by atoms with Crippen LogP contribution in [0.2, 0.25) is 0 Å². The lowest BCUT2D eigenvalue weighted by atomic mass is 10.0. The Morgan fingerprint density at radius 3 is 2.69 bits per heavy atom. The van der Waals surface area contributed by atoms with Gasteiger partial charge >= 0.3 is 0 Å². The van der Waals surface area contributed by atoms with Crippen LogP contribution in [0.3, 0.4) is 0 Å². The molecule has 0 aliphatic heterocycles. The third-order valence-electron chi connectivity index (χ3n) is 2.64. The van der Waals surface area contributed by atoms with Gasteiger partial charge in [-0.15, -0.1) is 5.10 Å². The number of nitrogens with one attached hydrogen (secondary N) is 1. The summed E-state index contributed by atoms with van der Waals surface area (Å²) in [4.78, 5) is 0. The molecule has 0 atom stereocenters. The molecule has 0 fully saturated rings. The fraction of sp³-hybridized carbons (Fsp3) is 0.0769. The van der Waals surface area contributed by atoms with Gasteiger partial charge in [0.25, 0.3) is 0 Å². The van der Waals surface area contributed by atoms with Crippen LogP contribution in [0.15, 0.2) is 48.5 Å². The Balaban J connectivity index is 1.94. The van der Waals surface area contributed by atoms with Crippen LogP contribution < -0.4 is 0 Å². The molecule has 1 N–H and O–H groups in total. The van der Waals surface area contributed by atoms with E-state index in [9.17, 15) is 0 Å². The second kappa shape index (κ2) is 3.77. The molecule has 0 radical (unpaired) electrons. The highest BCUT2D eigenvalue weighted by molar-refractivity contribution is 5.74. The summed E-state index contributed by atoms with van der Waals surface area (Å²) >= 11 is 0. The molecule has 1 aromatic heterocycles. The van der Waals surface area contributed by atoms with Gasteiger partial charge in [-0.3, -0.25) is 5.10 Å². The summed E-state index contributed by atoms with van der Waals surface area (Å²) in [6.07, 6.45) is 0.934. The standard InChI is InChI=1S/C13H11N3/c1-2-4-10(5-3-1)8-11-6-7-12-13(9-11)15-16-14-12/h1-7,9H,8H2,(H,14,15,16). The van der Waals surface area contributed by atoms with Crippen molar-refractivity contribution in [2.45, 2.75) is 6.42 Å². The van der Waals surface area contributed by atoms with Gasteiger partial charge in [0.05, 0.1) is 5.52 Å². The van der Waals surface area contributed by atoms with E-state index in [2.05, 4.69) is 51.8 Å². The van der Waals surface area contributed by atoms with Crippen LogP contribution in [-0.2, 0) is 6.42 Å². The van der Waals surface area contributed by atoms with Crippen molar-refractivity contribution in [1.29, 1.82) is 0 Å². The zero-order valence-electron chi connectivity index (χ0n) is 8.72. The Morgan fingerprint density at radius 1 is 0.938 bits per heavy atom. The molecule has 0 unspecified atom stereocenters. The molecule has 3 heteroatoms. The van der Waals surface area contributed by atoms with E-state index in [-0.39, 0.29) is 0 Å². The molecule has 3 aromatic rings. The molecule has 0 aliphatic rings. The predicted molar refractivity (Wildman–Crippen MR) is 63.1 cm³/mol. The number of aromatic amines is 1. The van der Waals surface area contributed by atoms with Gasteiger partial charge in [0.15, 0.2) is 0 Å². The maximum atomic E-state index is 4.02. The number of benzene rings is 2. The quantitative estimate of drug-likeness (QED) is 0.704. The van der Waals surface area contributed by atoms with E-state index < -0.39 is 0 Å². The Kier molecular flexibility index (Phi) is 2.14. The summed E-state index contributed by atoms with van der Waals surface area (Å²) in [6.45, 7) is 0. The molecule has 0 spiro atoms. The minimum atomic E-state index is 0.924. The van der Waals surface area contributed by atoms with Crippen molar-refractivity contribution in [2.75, 3.05) is 0 Å². The molecule has 3 nitrogen and oxygen atoms in total. The lowest BCUT2D eigenvalue weighted by molar-refractivity contribution is 0.959. The molecule has 0 saturated carbocycles. The van der Waals surface area contributed by atoms with E-state index in [0.717, 1.165) is 17.5 Å². The van der Waals surface area contributed by atoms with E-state index in [1.807, 2.05) is 12.1 Å². The van der Waals surface area contributed by atoms with Crippen molar-refractivity contribution in [2.24, 2.45) is 0 Å². The Morgan fingerprint density at radius 2 is 1.81 bits per heavy atom. The molecule has 3 rings (SSSR count). The van der Waals surface area contributed by atoms with Gasteiger partial charge in [-0.1, -0.05) is 41.6 Å². The van der Waals surface area contributed by atoms with E-state index in [4.69, 9.17) is 0 Å². The smallest absolute Gasteiger partial charge is 0.113 e. The average Bonchev–Trinajstić information content (AvgIpc) is 2.77. The Bertz CT molecular complexity index is 599. The second-order valence-corrected chi connectivity index (χ2v) is 3.83. The summed E-state index contributed by atoms with van der Waals surface area (Å²) in [5.74, 6) is 0. The van der Waals surface area contributed by atoms with Crippen molar-refractivity contribution in [1.82, 2.24) is 15.4 Å². The number of H-pyrrole nitrogens is 1. The van der Waals surface area contributed by atoms with Gasteiger partial charge in [0.1, 0.15) is 5.52 Å². The molecular weight excluding hydrogens is 198 g/mol. The highest BCUT2D eigenvalue weighted by atomic mass is 15.3. The maximum absolute atomic E-state index is 4.02. The first-order chi connectivity index (χ1) is 7.92. The van der Waals surface area contributed by atoms with E-state index >= 15 is 0 Å². The van der Waals surface area contributed by atoms with Crippen LogP contribution in [0.25, 0.3) is 11.0 Å². The van der Waals surface area contributed by atoms with Crippen molar-refractivity contribution in [3.63, 3.8) is 0 Å². The van der Waals surface area contributed by atoms with Crippen LogP contribution in [0.1, 0.15) is 11.1 Å². The molecule has 0 amide bonds. The summed E-state index contributed by atoms with van der Waals surface area (Å²) in [7, 11) is 0. The number of hydrogen-bond donors (Lipinski definition) is 1. The van der Waals surface area contributed by atoms with Gasteiger partial charge in [0.2, 0.25) is 0 Å². The second-order valence-electron chi connectivity index (χ2n) is 3.83. The number of hydrogen-bond acceptors (Lipinski definition) is 2. The van der Waals surface area contributed by atoms with Gasteiger partial charge in [0, 0.05) is 0 Å². The first kappa shape index (κ1) is 9.09. The van der Waals surface area contributed by atoms with Crippen LogP contribution >= 0.6 is 0 Å². The molecule has 16 heavy (non-hydrogen) atoms. The third-order valence-corrected chi connectivity index (χ3v) is 2.64. The van der Waals surface area contributed by atoms with Crippen LogP contribution in [-0.4, -0.2) is 15.4 Å².